The number of para-hydroxylation sites is 1. The van der Waals surface area contributed by atoms with Crippen LogP contribution in [0.2, 0.25) is 5.02 Å². The Morgan fingerprint density at radius 3 is 2.86 bits per heavy atom. The van der Waals surface area contributed by atoms with E-state index in [0.29, 0.717) is 5.02 Å². The Morgan fingerprint density at radius 1 is 1.29 bits per heavy atom. The number of fused-ring (bicyclic) bond motifs is 1. The maximum absolute atomic E-state index is 6.02. The van der Waals surface area contributed by atoms with Crippen LogP contribution in [0.5, 0.6) is 0 Å². The van der Waals surface area contributed by atoms with Crippen LogP contribution in [0.4, 0.5) is 5.69 Å². The summed E-state index contributed by atoms with van der Waals surface area (Å²) in [7, 11) is 0. The molecule has 0 unspecified atom stereocenters. The predicted molar refractivity (Wildman–Crippen MR) is 95.6 cm³/mol. The van der Waals surface area contributed by atoms with Crippen LogP contribution in [0.1, 0.15) is 0 Å². The fourth-order valence-corrected chi connectivity index (χ4v) is 4.18. The Morgan fingerprint density at radius 2 is 2.10 bits per heavy atom. The summed E-state index contributed by atoms with van der Waals surface area (Å²) in [5.41, 5.74) is 7.35. The van der Waals surface area contributed by atoms with Crippen LogP contribution in [0.3, 0.4) is 0 Å². The van der Waals surface area contributed by atoms with Gasteiger partial charge in [0.05, 0.1) is 15.9 Å². The molecule has 0 aliphatic rings. The zero-order chi connectivity index (χ0) is 14.8. The number of nitrogens with zero attached hydrogens (tertiary/aromatic N) is 1. The summed E-state index contributed by atoms with van der Waals surface area (Å²) in [6.45, 7) is 0. The number of halogens is 1. The van der Waals surface area contributed by atoms with E-state index in [4.69, 9.17) is 29.6 Å². The quantitative estimate of drug-likeness (QED) is 0.666. The van der Waals surface area contributed by atoms with Crippen LogP contribution in [-0.4, -0.2) is 10.1 Å². The van der Waals surface area contributed by atoms with Crippen molar-refractivity contribution in [1.82, 2.24) is 4.98 Å². The van der Waals surface area contributed by atoms with E-state index in [9.17, 15) is 0 Å². The van der Waals surface area contributed by atoms with Gasteiger partial charge in [0.25, 0.3) is 0 Å². The molecule has 1 heterocycles. The molecule has 0 saturated carbocycles. The molecule has 0 radical (unpaired) electrons. The molecule has 0 fully saturated rings. The first-order chi connectivity index (χ1) is 10.1. The second-order valence-electron chi connectivity index (χ2n) is 4.18. The lowest BCUT2D eigenvalue weighted by molar-refractivity contribution is 1.29. The van der Waals surface area contributed by atoms with Crippen LogP contribution < -0.4 is 11.1 Å². The molecule has 2 aromatic carbocycles. The lowest BCUT2D eigenvalue weighted by atomic mass is 10.3. The van der Waals surface area contributed by atoms with Crippen molar-refractivity contribution in [3.8, 4) is 0 Å². The zero-order valence-electron chi connectivity index (χ0n) is 10.7. The van der Waals surface area contributed by atoms with Gasteiger partial charge in [-0.1, -0.05) is 35.5 Å². The lowest BCUT2D eigenvalue weighted by Gasteiger charge is -2.09. The topological polar surface area (TPSA) is 50.9 Å². The van der Waals surface area contributed by atoms with E-state index in [0.717, 1.165) is 25.1 Å². The van der Waals surface area contributed by atoms with Gasteiger partial charge in [-0.05, 0) is 42.5 Å². The molecule has 106 valence electrons. The molecule has 0 aliphatic carbocycles. The fourth-order valence-electron chi connectivity index (χ4n) is 1.81. The van der Waals surface area contributed by atoms with E-state index in [1.807, 2.05) is 30.3 Å². The van der Waals surface area contributed by atoms with Crippen molar-refractivity contribution < 1.29 is 0 Å². The van der Waals surface area contributed by atoms with E-state index in [2.05, 4.69) is 16.4 Å². The molecule has 3 aromatic rings. The van der Waals surface area contributed by atoms with Gasteiger partial charge in [-0.2, -0.15) is 0 Å². The molecule has 7 heteroatoms. The normalized spacial score (nSPS) is 10.7. The van der Waals surface area contributed by atoms with Crippen molar-refractivity contribution >= 4 is 67.9 Å². The molecule has 0 amide bonds. The largest absolute Gasteiger partial charge is 0.376 e. The molecule has 3 N–H and O–H groups in total. The van der Waals surface area contributed by atoms with Gasteiger partial charge in [-0.15, -0.1) is 11.3 Å². The van der Waals surface area contributed by atoms with Gasteiger partial charge in [0.1, 0.15) is 0 Å². The van der Waals surface area contributed by atoms with Gasteiger partial charge >= 0.3 is 0 Å². The highest BCUT2D eigenvalue weighted by molar-refractivity contribution is 8.01. The Kier molecular flexibility index (Phi) is 4.30. The minimum atomic E-state index is 0.211. The third-order valence-corrected chi connectivity index (χ3v) is 5.18. The van der Waals surface area contributed by atoms with Crippen molar-refractivity contribution in [2.45, 2.75) is 9.24 Å². The maximum Gasteiger partial charge on any atom is 0.168 e. The Balaban J connectivity index is 1.95. The number of thiocarbonyl (C=S) groups is 1. The van der Waals surface area contributed by atoms with E-state index in [-0.39, 0.29) is 5.11 Å². The second kappa shape index (κ2) is 6.19. The van der Waals surface area contributed by atoms with Gasteiger partial charge in [-0.25, -0.2) is 4.98 Å². The molecule has 0 atom stereocenters. The Hall–Kier alpha value is -1.34. The molecule has 0 bridgehead atoms. The summed E-state index contributed by atoms with van der Waals surface area (Å²) < 4.78 is 2.13. The van der Waals surface area contributed by atoms with Crippen molar-refractivity contribution in [1.29, 1.82) is 0 Å². The summed E-state index contributed by atoms with van der Waals surface area (Å²) in [6, 6.07) is 13.6. The Labute approximate surface area is 140 Å². The van der Waals surface area contributed by atoms with Crippen LogP contribution in [-0.2, 0) is 0 Å². The molecular weight excluding hydrogens is 342 g/mol. The highest BCUT2D eigenvalue weighted by Gasteiger charge is 2.10. The molecule has 0 aliphatic heterocycles. The average molecular weight is 352 g/mol. The van der Waals surface area contributed by atoms with E-state index < -0.39 is 0 Å². The number of rotatable bonds is 3. The highest BCUT2D eigenvalue weighted by atomic mass is 35.5. The van der Waals surface area contributed by atoms with Crippen LogP contribution in [0, 0.1) is 0 Å². The van der Waals surface area contributed by atoms with Crippen LogP contribution in [0.25, 0.3) is 10.2 Å². The van der Waals surface area contributed by atoms with Crippen LogP contribution >= 0.6 is 46.9 Å². The third kappa shape index (κ3) is 3.47. The molecule has 21 heavy (non-hydrogen) atoms. The maximum atomic E-state index is 6.02. The average Bonchev–Trinajstić information content (AvgIpc) is 2.83. The van der Waals surface area contributed by atoms with E-state index in [1.54, 1.807) is 29.2 Å². The number of hydrogen-bond acceptors (Lipinski definition) is 4. The SMILES string of the molecule is NC(=S)Nc1cc(Cl)ccc1Sc1nc2ccccc2s1. The van der Waals surface area contributed by atoms with Crippen LogP contribution in [0.15, 0.2) is 51.7 Å². The first-order valence-corrected chi connectivity index (χ1v) is 8.43. The fraction of sp³-hybridized carbons (Fsp3) is 0. The number of benzene rings is 2. The predicted octanol–water partition coefficient (Wildman–Crippen LogP) is 4.76. The second-order valence-corrected chi connectivity index (χ2v) is 7.38. The molecule has 3 rings (SSSR count). The van der Waals surface area contributed by atoms with Gasteiger partial charge in [0.2, 0.25) is 0 Å². The number of hydrogen-bond donors (Lipinski definition) is 2. The summed E-state index contributed by atoms with van der Waals surface area (Å²) >= 11 is 14.1. The minimum Gasteiger partial charge on any atom is -0.376 e. The summed E-state index contributed by atoms with van der Waals surface area (Å²) in [5, 5.41) is 3.79. The number of nitrogens with one attached hydrogen (secondary N) is 1. The Bertz CT molecular complexity index is 783. The van der Waals surface area contributed by atoms with Crippen molar-refractivity contribution in [3.05, 3.63) is 47.5 Å². The lowest BCUT2D eigenvalue weighted by Crippen LogP contribution is -2.19. The first kappa shape index (κ1) is 14.6. The van der Waals surface area contributed by atoms with Gasteiger partial charge in [-0.3, -0.25) is 0 Å². The monoisotopic (exact) mass is 351 g/mol. The number of thiazole rings is 1. The smallest absolute Gasteiger partial charge is 0.168 e. The van der Waals surface area contributed by atoms with Crippen molar-refractivity contribution in [2.75, 3.05) is 5.32 Å². The molecule has 0 saturated heterocycles. The van der Waals surface area contributed by atoms with Crippen molar-refractivity contribution in [2.24, 2.45) is 5.73 Å². The molecule has 0 spiro atoms. The summed E-state index contributed by atoms with van der Waals surface area (Å²) in [5.74, 6) is 0. The molecular formula is C14H10ClN3S3. The van der Waals surface area contributed by atoms with Gasteiger partial charge < -0.3 is 11.1 Å². The number of anilines is 1. The van der Waals surface area contributed by atoms with Gasteiger partial charge in [0, 0.05) is 9.92 Å². The molecule has 3 nitrogen and oxygen atoms in total. The third-order valence-electron chi connectivity index (χ3n) is 2.67. The zero-order valence-corrected chi connectivity index (χ0v) is 13.9. The van der Waals surface area contributed by atoms with Crippen molar-refractivity contribution in [3.63, 3.8) is 0 Å². The summed E-state index contributed by atoms with van der Waals surface area (Å²) in [6.07, 6.45) is 0. The number of nitrogens with two attached hydrogens (primary N) is 1. The first-order valence-electron chi connectivity index (χ1n) is 6.01. The minimum absolute atomic E-state index is 0.211. The van der Waals surface area contributed by atoms with E-state index >= 15 is 0 Å². The molecule has 1 aromatic heterocycles. The number of aromatic nitrogens is 1. The standard InChI is InChI=1S/C14H10ClN3S3/c15-8-5-6-12(10(7-8)17-13(16)19)21-14-18-9-3-1-2-4-11(9)20-14/h1-7H,(H3,16,17,19). The highest BCUT2D eigenvalue weighted by Crippen LogP contribution is 2.38. The van der Waals surface area contributed by atoms with Gasteiger partial charge in [0.15, 0.2) is 9.45 Å². The summed E-state index contributed by atoms with van der Waals surface area (Å²) in [4.78, 5) is 5.59. The van der Waals surface area contributed by atoms with E-state index in [1.165, 1.54) is 0 Å².